The van der Waals surface area contributed by atoms with Crippen molar-refractivity contribution in [1.82, 2.24) is 20.4 Å². The van der Waals surface area contributed by atoms with Gasteiger partial charge >= 0.3 is 6.03 Å². The number of fused-ring (bicyclic) bond motifs is 1. The fraction of sp³-hybridized carbons (Fsp3) is 0.312. The van der Waals surface area contributed by atoms with Crippen LogP contribution in [0.25, 0.3) is 0 Å². The standard InChI is InChI=1S/C16H18FN5O2/c1-9(10-7-19-22(2)8-10)20-16(24)21-13-4-3-12-11(14(13)17)5-6-18-15(12)23/h3-4,7-9H,5-6H2,1-2H3,(H,18,23)(H2,20,21,24)/t9-/m0/s1. The van der Waals surface area contributed by atoms with Crippen molar-refractivity contribution in [3.63, 3.8) is 0 Å². The zero-order chi connectivity index (χ0) is 17.3. The lowest BCUT2D eigenvalue weighted by Gasteiger charge is -2.19. The van der Waals surface area contributed by atoms with Gasteiger partial charge in [-0.1, -0.05) is 0 Å². The van der Waals surface area contributed by atoms with E-state index in [0.29, 0.717) is 24.1 Å². The maximum absolute atomic E-state index is 14.5. The van der Waals surface area contributed by atoms with E-state index in [-0.39, 0.29) is 17.6 Å². The lowest BCUT2D eigenvalue weighted by molar-refractivity contribution is 0.0945. The van der Waals surface area contributed by atoms with Gasteiger partial charge in [0.1, 0.15) is 0 Å². The van der Waals surface area contributed by atoms with Gasteiger partial charge in [-0.3, -0.25) is 9.48 Å². The van der Waals surface area contributed by atoms with E-state index in [4.69, 9.17) is 0 Å². The summed E-state index contributed by atoms with van der Waals surface area (Å²) in [6, 6.07) is 2.12. The highest BCUT2D eigenvalue weighted by molar-refractivity contribution is 5.98. The molecule has 0 aliphatic carbocycles. The van der Waals surface area contributed by atoms with E-state index in [1.165, 1.54) is 12.1 Å². The molecule has 1 aromatic carbocycles. The van der Waals surface area contributed by atoms with Crippen molar-refractivity contribution < 1.29 is 14.0 Å². The fourth-order valence-corrected chi connectivity index (χ4v) is 2.67. The van der Waals surface area contributed by atoms with Crippen LogP contribution in [0.15, 0.2) is 24.5 Å². The smallest absolute Gasteiger partial charge is 0.319 e. The molecule has 3 N–H and O–H groups in total. The van der Waals surface area contributed by atoms with E-state index in [0.717, 1.165) is 5.56 Å². The molecule has 24 heavy (non-hydrogen) atoms. The minimum absolute atomic E-state index is 0.0549. The molecule has 7 nitrogen and oxygen atoms in total. The Morgan fingerprint density at radius 1 is 1.46 bits per heavy atom. The molecule has 2 aromatic rings. The molecule has 0 radical (unpaired) electrons. The second kappa shape index (κ2) is 6.31. The van der Waals surface area contributed by atoms with E-state index in [9.17, 15) is 14.0 Å². The summed E-state index contributed by atoms with van der Waals surface area (Å²) in [6.45, 7) is 2.20. The van der Waals surface area contributed by atoms with Gasteiger partial charge in [0, 0.05) is 36.5 Å². The van der Waals surface area contributed by atoms with Gasteiger partial charge < -0.3 is 16.0 Å². The van der Waals surface area contributed by atoms with Crippen molar-refractivity contribution in [1.29, 1.82) is 0 Å². The molecule has 0 bridgehead atoms. The highest BCUT2D eigenvalue weighted by Crippen LogP contribution is 2.24. The summed E-state index contributed by atoms with van der Waals surface area (Å²) in [4.78, 5) is 23.8. The van der Waals surface area contributed by atoms with Gasteiger partial charge in [0.25, 0.3) is 5.91 Å². The van der Waals surface area contributed by atoms with Crippen molar-refractivity contribution in [3.05, 3.63) is 47.0 Å². The molecular formula is C16H18FN5O2. The minimum atomic E-state index is -0.563. The molecule has 1 aliphatic rings. The number of hydrogen-bond donors (Lipinski definition) is 3. The third kappa shape index (κ3) is 3.08. The number of urea groups is 1. The number of halogens is 1. The number of nitrogens with one attached hydrogen (secondary N) is 3. The molecule has 1 atom stereocenters. The van der Waals surface area contributed by atoms with Gasteiger partial charge in [-0.25, -0.2) is 9.18 Å². The van der Waals surface area contributed by atoms with Crippen LogP contribution >= 0.6 is 0 Å². The largest absolute Gasteiger partial charge is 0.352 e. The quantitative estimate of drug-likeness (QED) is 0.800. The molecule has 0 unspecified atom stereocenters. The van der Waals surface area contributed by atoms with Crippen molar-refractivity contribution in [2.75, 3.05) is 11.9 Å². The number of carbonyl (C=O) groups is 2. The van der Waals surface area contributed by atoms with Gasteiger partial charge in [0.2, 0.25) is 0 Å². The first-order valence-corrected chi connectivity index (χ1v) is 7.61. The Kier molecular flexibility index (Phi) is 4.20. The molecule has 3 amide bonds. The van der Waals surface area contributed by atoms with E-state index < -0.39 is 11.8 Å². The molecule has 1 aliphatic heterocycles. The first-order chi connectivity index (χ1) is 11.5. The molecule has 2 heterocycles. The lowest BCUT2D eigenvalue weighted by Crippen LogP contribution is -2.34. The van der Waals surface area contributed by atoms with Crippen molar-refractivity contribution in [2.24, 2.45) is 7.05 Å². The second-order valence-electron chi connectivity index (χ2n) is 5.73. The predicted octanol–water partition coefficient (Wildman–Crippen LogP) is 1.73. The number of aryl methyl sites for hydroxylation is 1. The zero-order valence-corrected chi connectivity index (χ0v) is 13.4. The van der Waals surface area contributed by atoms with Gasteiger partial charge in [0.15, 0.2) is 5.82 Å². The fourth-order valence-electron chi connectivity index (χ4n) is 2.67. The normalized spacial score (nSPS) is 14.5. The molecule has 0 saturated heterocycles. The summed E-state index contributed by atoms with van der Waals surface area (Å²) < 4.78 is 16.2. The molecule has 0 spiro atoms. The number of benzene rings is 1. The molecule has 0 saturated carbocycles. The molecule has 8 heteroatoms. The maximum Gasteiger partial charge on any atom is 0.319 e. The minimum Gasteiger partial charge on any atom is -0.352 e. The van der Waals surface area contributed by atoms with Crippen LogP contribution in [0.3, 0.4) is 0 Å². The average Bonchev–Trinajstić information content (AvgIpc) is 2.97. The Bertz CT molecular complexity index is 802. The summed E-state index contributed by atoms with van der Waals surface area (Å²) in [6.07, 6.45) is 3.85. The molecule has 0 fully saturated rings. The third-order valence-electron chi connectivity index (χ3n) is 3.97. The van der Waals surface area contributed by atoms with Gasteiger partial charge in [0.05, 0.1) is 17.9 Å². The van der Waals surface area contributed by atoms with Crippen LogP contribution in [0.2, 0.25) is 0 Å². The third-order valence-corrected chi connectivity index (χ3v) is 3.97. The van der Waals surface area contributed by atoms with Crippen LogP contribution in [-0.2, 0) is 13.5 Å². The lowest BCUT2D eigenvalue weighted by atomic mass is 9.99. The number of carbonyl (C=O) groups excluding carboxylic acids is 2. The van der Waals surface area contributed by atoms with Gasteiger partial charge in [-0.2, -0.15) is 5.10 Å². The van der Waals surface area contributed by atoms with Crippen LogP contribution in [0, 0.1) is 5.82 Å². The molecule has 126 valence electrons. The Labute approximate surface area is 138 Å². The topological polar surface area (TPSA) is 88.1 Å². The van der Waals surface area contributed by atoms with Crippen molar-refractivity contribution in [2.45, 2.75) is 19.4 Å². The van der Waals surface area contributed by atoms with Crippen LogP contribution < -0.4 is 16.0 Å². The number of rotatable bonds is 3. The number of nitrogens with zero attached hydrogens (tertiary/aromatic N) is 2. The van der Waals surface area contributed by atoms with Crippen LogP contribution in [0.5, 0.6) is 0 Å². The highest BCUT2D eigenvalue weighted by Gasteiger charge is 2.22. The predicted molar refractivity (Wildman–Crippen MR) is 86.2 cm³/mol. The number of aromatic nitrogens is 2. The monoisotopic (exact) mass is 331 g/mol. The summed E-state index contributed by atoms with van der Waals surface area (Å²) in [5.74, 6) is -0.858. The van der Waals surface area contributed by atoms with Crippen LogP contribution in [0.4, 0.5) is 14.9 Å². The number of anilines is 1. The van der Waals surface area contributed by atoms with E-state index >= 15 is 0 Å². The molecular weight excluding hydrogens is 313 g/mol. The highest BCUT2D eigenvalue weighted by atomic mass is 19.1. The van der Waals surface area contributed by atoms with Crippen molar-refractivity contribution >= 4 is 17.6 Å². The Balaban J connectivity index is 1.72. The summed E-state index contributed by atoms with van der Waals surface area (Å²) >= 11 is 0. The second-order valence-corrected chi connectivity index (χ2v) is 5.73. The first kappa shape index (κ1) is 16.0. The summed E-state index contributed by atoms with van der Waals surface area (Å²) in [5, 5.41) is 11.9. The van der Waals surface area contributed by atoms with Crippen LogP contribution in [0.1, 0.15) is 34.5 Å². The summed E-state index contributed by atoms with van der Waals surface area (Å²) in [5.41, 5.74) is 1.54. The van der Waals surface area contributed by atoms with E-state index in [1.807, 2.05) is 6.92 Å². The van der Waals surface area contributed by atoms with E-state index in [1.54, 1.807) is 24.1 Å². The Morgan fingerprint density at radius 3 is 2.96 bits per heavy atom. The average molecular weight is 331 g/mol. The molecule has 1 aromatic heterocycles. The van der Waals surface area contributed by atoms with Crippen LogP contribution in [-0.4, -0.2) is 28.3 Å². The Hall–Kier alpha value is -2.90. The van der Waals surface area contributed by atoms with Gasteiger partial charge in [-0.05, 0) is 25.5 Å². The molecule has 3 rings (SSSR count). The Morgan fingerprint density at radius 2 is 2.25 bits per heavy atom. The summed E-state index contributed by atoms with van der Waals surface area (Å²) in [7, 11) is 1.79. The number of hydrogen-bond acceptors (Lipinski definition) is 3. The number of amides is 3. The SMILES string of the molecule is C[C@H](NC(=O)Nc1ccc2c(c1F)CCNC2=O)c1cnn(C)c1. The zero-order valence-electron chi connectivity index (χ0n) is 13.4. The first-order valence-electron chi connectivity index (χ1n) is 7.61. The maximum atomic E-state index is 14.5. The van der Waals surface area contributed by atoms with E-state index in [2.05, 4.69) is 21.0 Å². The van der Waals surface area contributed by atoms with Crippen molar-refractivity contribution in [3.8, 4) is 0 Å². The van der Waals surface area contributed by atoms with Gasteiger partial charge in [-0.15, -0.1) is 0 Å².